The predicted molar refractivity (Wildman–Crippen MR) is 79.3 cm³/mol. The molecule has 0 amide bonds. The maximum Gasteiger partial charge on any atom is 0.204 e. The van der Waals surface area contributed by atoms with E-state index in [1.807, 2.05) is 24.7 Å². The van der Waals surface area contributed by atoms with E-state index in [2.05, 4.69) is 24.2 Å². The Balaban J connectivity index is 2.60. The summed E-state index contributed by atoms with van der Waals surface area (Å²) in [5.41, 5.74) is 0.763. The highest BCUT2D eigenvalue weighted by atomic mass is 16.7. The van der Waals surface area contributed by atoms with Gasteiger partial charge in [0.15, 0.2) is 0 Å². The Morgan fingerprint density at radius 3 is 2.40 bits per heavy atom. The first-order chi connectivity index (χ1) is 9.74. The quantitative estimate of drug-likeness (QED) is 0.583. The van der Waals surface area contributed by atoms with Crippen molar-refractivity contribution in [2.24, 2.45) is 5.92 Å². The van der Waals surface area contributed by atoms with Crippen LogP contribution in [-0.2, 0) is 16.0 Å². The van der Waals surface area contributed by atoms with E-state index in [1.165, 1.54) is 25.7 Å². The summed E-state index contributed by atoms with van der Waals surface area (Å²) in [4.78, 5) is 0. The molecule has 1 heterocycles. The molecule has 5 heteroatoms. The third-order valence-electron chi connectivity index (χ3n) is 3.42. The van der Waals surface area contributed by atoms with Crippen molar-refractivity contribution in [1.82, 2.24) is 15.0 Å². The van der Waals surface area contributed by atoms with Crippen LogP contribution in [0, 0.1) is 5.92 Å². The van der Waals surface area contributed by atoms with Crippen LogP contribution in [0.15, 0.2) is 6.20 Å². The van der Waals surface area contributed by atoms with Crippen molar-refractivity contribution in [2.75, 3.05) is 13.2 Å². The lowest BCUT2D eigenvalue weighted by Gasteiger charge is -2.14. The largest absolute Gasteiger partial charge is 0.347 e. The molecular weight excluding hydrogens is 254 g/mol. The SMILES string of the molecule is CCCCC(CC)Cn1cc(C(OCC)OCC)nn1. The molecule has 0 bridgehead atoms. The summed E-state index contributed by atoms with van der Waals surface area (Å²) in [5.74, 6) is 0.669. The Labute approximate surface area is 122 Å². The van der Waals surface area contributed by atoms with Crippen molar-refractivity contribution in [3.05, 3.63) is 11.9 Å². The van der Waals surface area contributed by atoms with E-state index in [-0.39, 0.29) is 0 Å². The van der Waals surface area contributed by atoms with Crippen molar-refractivity contribution in [1.29, 1.82) is 0 Å². The Morgan fingerprint density at radius 2 is 1.85 bits per heavy atom. The number of nitrogens with zero attached hydrogens (tertiary/aromatic N) is 3. The molecule has 0 aliphatic rings. The molecule has 116 valence electrons. The highest BCUT2D eigenvalue weighted by Crippen LogP contribution is 2.18. The molecule has 0 N–H and O–H groups in total. The van der Waals surface area contributed by atoms with Crippen LogP contribution in [0.5, 0.6) is 0 Å². The summed E-state index contributed by atoms with van der Waals surface area (Å²) in [6.07, 6.45) is 6.51. The molecule has 0 spiro atoms. The fourth-order valence-electron chi connectivity index (χ4n) is 2.21. The van der Waals surface area contributed by atoms with Crippen molar-refractivity contribution >= 4 is 0 Å². The normalized spacial score (nSPS) is 13.1. The first-order valence-electron chi connectivity index (χ1n) is 7.88. The highest BCUT2D eigenvalue weighted by molar-refractivity contribution is 4.94. The van der Waals surface area contributed by atoms with Gasteiger partial charge in [0.05, 0.1) is 6.20 Å². The van der Waals surface area contributed by atoms with Crippen LogP contribution in [0.4, 0.5) is 0 Å². The minimum atomic E-state index is -0.394. The maximum absolute atomic E-state index is 5.54. The molecule has 20 heavy (non-hydrogen) atoms. The lowest BCUT2D eigenvalue weighted by molar-refractivity contribution is -0.142. The molecule has 0 aliphatic carbocycles. The molecular formula is C15H29N3O2. The smallest absolute Gasteiger partial charge is 0.204 e. The van der Waals surface area contributed by atoms with Gasteiger partial charge < -0.3 is 9.47 Å². The van der Waals surface area contributed by atoms with Crippen molar-refractivity contribution in [3.63, 3.8) is 0 Å². The zero-order valence-corrected chi connectivity index (χ0v) is 13.3. The van der Waals surface area contributed by atoms with Crippen LogP contribution in [0.25, 0.3) is 0 Å². The third kappa shape index (κ3) is 5.59. The van der Waals surface area contributed by atoms with Crippen LogP contribution in [0.1, 0.15) is 65.4 Å². The number of unbranched alkanes of at least 4 members (excludes halogenated alkanes) is 1. The zero-order valence-electron chi connectivity index (χ0n) is 13.3. The zero-order chi connectivity index (χ0) is 14.8. The standard InChI is InChI=1S/C15H29N3O2/c1-5-9-10-13(6-2)11-18-12-14(16-17-18)15(19-7-3)20-8-4/h12-13,15H,5-11H2,1-4H3. The van der Waals surface area contributed by atoms with Crippen LogP contribution < -0.4 is 0 Å². The lowest BCUT2D eigenvalue weighted by atomic mass is 9.99. The van der Waals surface area contributed by atoms with Gasteiger partial charge in [-0.05, 0) is 26.2 Å². The van der Waals surface area contributed by atoms with E-state index in [0.29, 0.717) is 19.1 Å². The van der Waals surface area contributed by atoms with Crippen molar-refractivity contribution in [3.8, 4) is 0 Å². The summed E-state index contributed by atoms with van der Waals surface area (Å²) >= 11 is 0. The van der Waals surface area contributed by atoms with E-state index in [4.69, 9.17) is 9.47 Å². The Morgan fingerprint density at radius 1 is 1.15 bits per heavy atom. The molecule has 0 radical (unpaired) electrons. The summed E-state index contributed by atoms with van der Waals surface area (Å²) in [6, 6.07) is 0. The molecule has 5 nitrogen and oxygen atoms in total. The van der Waals surface area contributed by atoms with Gasteiger partial charge in [0, 0.05) is 19.8 Å². The van der Waals surface area contributed by atoms with Gasteiger partial charge in [-0.2, -0.15) is 0 Å². The first kappa shape index (κ1) is 17.1. The van der Waals surface area contributed by atoms with Crippen LogP contribution >= 0.6 is 0 Å². The fraction of sp³-hybridized carbons (Fsp3) is 0.867. The summed E-state index contributed by atoms with van der Waals surface area (Å²) < 4.78 is 13.0. The predicted octanol–water partition coefficient (Wildman–Crippen LogP) is 3.57. The van der Waals surface area contributed by atoms with Crippen LogP contribution in [0.3, 0.4) is 0 Å². The first-order valence-corrected chi connectivity index (χ1v) is 7.88. The number of hydrogen-bond acceptors (Lipinski definition) is 4. The summed E-state index contributed by atoms with van der Waals surface area (Å²) in [7, 11) is 0. The summed E-state index contributed by atoms with van der Waals surface area (Å²) in [5, 5.41) is 8.39. The minimum absolute atomic E-state index is 0.394. The van der Waals surface area contributed by atoms with Gasteiger partial charge in [0.1, 0.15) is 5.69 Å². The molecule has 1 rings (SSSR count). The van der Waals surface area contributed by atoms with Crippen molar-refractivity contribution < 1.29 is 9.47 Å². The van der Waals surface area contributed by atoms with Gasteiger partial charge in [-0.1, -0.05) is 38.3 Å². The van der Waals surface area contributed by atoms with Crippen LogP contribution in [0.2, 0.25) is 0 Å². The van der Waals surface area contributed by atoms with Gasteiger partial charge in [-0.3, -0.25) is 4.68 Å². The van der Waals surface area contributed by atoms with Gasteiger partial charge in [0.25, 0.3) is 0 Å². The maximum atomic E-state index is 5.54. The number of hydrogen-bond donors (Lipinski definition) is 0. The van der Waals surface area contributed by atoms with Gasteiger partial charge in [-0.15, -0.1) is 5.10 Å². The molecule has 0 saturated heterocycles. The third-order valence-corrected chi connectivity index (χ3v) is 3.42. The van der Waals surface area contributed by atoms with Crippen LogP contribution in [-0.4, -0.2) is 28.2 Å². The Kier molecular flexibility index (Phi) is 8.46. The molecule has 1 aromatic heterocycles. The number of rotatable bonds is 11. The van der Waals surface area contributed by atoms with E-state index >= 15 is 0 Å². The van der Waals surface area contributed by atoms with Gasteiger partial charge in [0.2, 0.25) is 6.29 Å². The molecule has 1 aromatic rings. The highest BCUT2D eigenvalue weighted by Gasteiger charge is 2.16. The number of aromatic nitrogens is 3. The molecule has 1 atom stereocenters. The fourth-order valence-corrected chi connectivity index (χ4v) is 2.21. The Bertz CT molecular complexity index is 349. The van der Waals surface area contributed by atoms with Gasteiger partial charge >= 0.3 is 0 Å². The van der Waals surface area contributed by atoms with Crippen molar-refractivity contribution in [2.45, 2.75) is 66.2 Å². The van der Waals surface area contributed by atoms with E-state index in [1.54, 1.807) is 0 Å². The average Bonchev–Trinajstić information content (AvgIpc) is 2.91. The second-order valence-corrected chi connectivity index (χ2v) is 5.02. The molecule has 0 saturated carbocycles. The number of ether oxygens (including phenoxy) is 2. The minimum Gasteiger partial charge on any atom is -0.347 e. The van der Waals surface area contributed by atoms with E-state index < -0.39 is 6.29 Å². The molecule has 0 fully saturated rings. The van der Waals surface area contributed by atoms with E-state index in [0.717, 1.165) is 12.2 Å². The Hall–Kier alpha value is -0.940. The molecule has 0 aromatic carbocycles. The van der Waals surface area contributed by atoms with Gasteiger partial charge in [-0.25, -0.2) is 0 Å². The van der Waals surface area contributed by atoms with E-state index in [9.17, 15) is 0 Å². The topological polar surface area (TPSA) is 49.2 Å². The molecule has 1 unspecified atom stereocenters. The summed E-state index contributed by atoms with van der Waals surface area (Å²) in [6.45, 7) is 10.5. The second kappa shape index (κ2) is 9.88. The second-order valence-electron chi connectivity index (χ2n) is 5.02. The lowest BCUT2D eigenvalue weighted by Crippen LogP contribution is -2.11. The monoisotopic (exact) mass is 283 g/mol. The molecule has 0 aliphatic heterocycles. The average molecular weight is 283 g/mol.